The SMILES string of the molecule is COCCN(C(=O)c1cccc(OC)c1)C(C)c1nc2ccccc2c(=O)n1-c1ccc(C)c(C)c1. The van der Waals surface area contributed by atoms with Crippen LogP contribution in [0, 0.1) is 13.8 Å². The van der Waals surface area contributed by atoms with E-state index in [1.54, 1.807) is 54.0 Å². The summed E-state index contributed by atoms with van der Waals surface area (Å²) in [6, 6.07) is 19.7. The number of para-hydroxylation sites is 1. The van der Waals surface area contributed by atoms with Crippen molar-refractivity contribution in [1.82, 2.24) is 14.5 Å². The summed E-state index contributed by atoms with van der Waals surface area (Å²) in [6.07, 6.45) is 0. The molecule has 0 aliphatic heterocycles. The smallest absolute Gasteiger partial charge is 0.266 e. The van der Waals surface area contributed by atoms with Gasteiger partial charge in [0.05, 0.1) is 36.3 Å². The highest BCUT2D eigenvalue weighted by Gasteiger charge is 2.28. The Bertz CT molecular complexity index is 1460. The van der Waals surface area contributed by atoms with E-state index < -0.39 is 6.04 Å². The zero-order chi connectivity index (χ0) is 25.8. The molecule has 4 rings (SSSR count). The lowest BCUT2D eigenvalue weighted by atomic mass is 10.1. The van der Waals surface area contributed by atoms with Gasteiger partial charge in [-0.25, -0.2) is 4.98 Å². The highest BCUT2D eigenvalue weighted by atomic mass is 16.5. The number of amides is 1. The minimum atomic E-state index is -0.530. The predicted molar refractivity (Wildman–Crippen MR) is 141 cm³/mol. The summed E-state index contributed by atoms with van der Waals surface area (Å²) in [5.41, 5.74) is 3.80. The molecule has 0 fully saturated rings. The second-order valence-electron chi connectivity index (χ2n) is 8.80. The summed E-state index contributed by atoms with van der Waals surface area (Å²) in [7, 11) is 3.16. The molecule has 7 nitrogen and oxygen atoms in total. The van der Waals surface area contributed by atoms with Gasteiger partial charge in [0.15, 0.2) is 0 Å². The van der Waals surface area contributed by atoms with Gasteiger partial charge in [-0.05, 0) is 74.4 Å². The molecule has 0 saturated heterocycles. The zero-order valence-electron chi connectivity index (χ0n) is 21.3. The molecule has 186 valence electrons. The number of fused-ring (bicyclic) bond motifs is 1. The van der Waals surface area contributed by atoms with Gasteiger partial charge in [0, 0.05) is 19.2 Å². The summed E-state index contributed by atoms with van der Waals surface area (Å²) in [4.78, 5) is 34.1. The molecule has 0 aliphatic rings. The topological polar surface area (TPSA) is 73.7 Å². The largest absolute Gasteiger partial charge is 0.497 e. The van der Waals surface area contributed by atoms with Crippen molar-refractivity contribution in [1.29, 1.82) is 0 Å². The molecular formula is C29H31N3O4. The van der Waals surface area contributed by atoms with Gasteiger partial charge in [0.25, 0.3) is 11.5 Å². The van der Waals surface area contributed by atoms with E-state index in [4.69, 9.17) is 14.5 Å². The van der Waals surface area contributed by atoms with Gasteiger partial charge in [-0.15, -0.1) is 0 Å². The van der Waals surface area contributed by atoms with Gasteiger partial charge in [-0.2, -0.15) is 0 Å². The lowest BCUT2D eigenvalue weighted by molar-refractivity contribution is 0.0605. The lowest BCUT2D eigenvalue weighted by Crippen LogP contribution is -2.39. The molecule has 0 spiro atoms. The fourth-order valence-electron chi connectivity index (χ4n) is 4.27. The maximum absolute atomic E-state index is 13.8. The van der Waals surface area contributed by atoms with E-state index in [2.05, 4.69) is 0 Å². The number of methoxy groups -OCH3 is 2. The van der Waals surface area contributed by atoms with Crippen molar-refractivity contribution in [3.63, 3.8) is 0 Å². The number of aromatic nitrogens is 2. The Labute approximate surface area is 210 Å². The zero-order valence-corrected chi connectivity index (χ0v) is 21.3. The molecule has 1 unspecified atom stereocenters. The van der Waals surface area contributed by atoms with Crippen molar-refractivity contribution in [2.24, 2.45) is 0 Å². The van der Waals surface area contributed by atoms with Gasteiger partial charge in [0.2, 0.25) is 0 Å². The maximum atomic E-state index is 13.8. The van der Waals surface area contributed by atoms with Crippen LogP contribution < -0.4 is 10.3 Å². The monoisotopic (exact) mass is 485 g/mol. The third-order valence-electron chi connectivity index (χ3n) is 6.51. The number of ether oxygens (including phenoxy) is 2. The molecule has 4 aromatic rings. The Morgan fingerprint density at radius 1 is 1.00 bits per heavy atom. The molecule has 0 radical (unpaired) electrons. The van der Waals surface area contributed by atoms with E-state index in [-0.39, 0.29) is 11.5 Å². The first-order chi connectivity index (χ1) is 17.3. The van der Waals surface area contributed by atoms with Gasteiger partial charge in [0.1, 0.15) is 11.6 Å². The van der Waals surface area contributed by atoms with E-state index >= 15 is 0 Å². The summed E-state index contributed by atoms with van der Waals surface area (Å²) in [6.45, 7) is 6.59. The Kier molecular flexibility index (Phi) is 7.50. The summed E-state index contributed by atoms with van der Waals surface area (Å²) < 4.78 is 12.3. The summed E-state index contributed by atoms with van der Waals surface area (Å²) in [5, 5.41) is 0.522. The molecule has 7 heteroatoms. The van der Waals surface area contributed by atoms with Crippen LogP contribution in [0.2, 0.25) is 0 Å². The lowest BCUT2D eigenvalue weighted by Gasteiger charge is -2.30. The highest BCUT2D eigenvalue weighted by molar-refractivity contribution is 5.95. The van der Waals surface area contributed by atoms with Crippen LogP contribution in [-0.4, -0.2) is 47.7 Å². The Morgan fingerprint density at radius 3 is 2.50 bits per heavy atom. The number of carbonyl (C=O) groups is 1. The van der Waals surface area contributed by atoms with Crippen LogP contribution in [0.15, 0.2) is 71.5 Å². The Morgan fingerprint density at radius 2 is 1.78 bits per heavy atom. The third-order valence-corrected chi connectivity index (χ3v) is 6.51. The van der Waals surface area contributed by atoms with E-state index in [9.17, 15) is 9.59 Å². The van der Waals surface area contributed by atoms with Gasteiger partial charge in [-0.1, -0.05) is 24.3 Å². The Hall–Kier alpha value is -3.97. The van der Waals surface area contributed by atoms with Crippen LogP contribution in [0.25, 0.3) is 16.6 Å². The second-order valence-corrected chi connectivity index (χ2v) is 8.80. The molecule has 1 atom stereocenters. The van der Waals surface area contributed by atoms with Crippen LogP contribution in [0.5, 0.6) is 5.75 Å². The second kappa shape index (κ2) is 10.7. The van der Waals surface area contributed by atoms with E-state index in [1.807, 2.05) is 57.2 Å². The average Bonchev–Trinajstić information content (AvgIpc) is 2.90. The van der Waals surface area contributed by atoms with E-state index in [1.165, 1.54) is 0 Å². The van der Waals surface area contributed by atoms with Crippen molar-refractivity contribution >= 4 is 16.8 Å². The van der Waals surface area contributed by atoms with Crippen molar-refractivity contribution in [2.45, 2.75) is 26.8 Å². The number of nitrogens with zero attached hydrogens (tertiary/aromatic N) is 3. The standard InChI is InChI=1S/C29H31N3O4/c1-19-13-14-23(17-20(19)2)32-27(30-26-12-7-6-11-25(26)29(32)34)21(3)31(15-16-35-4)28(33)22-9-8-10-24(18-22)36-5/h6-14,17-18,21H,15-16H2,1-5H3. The minimum absolute atomic E-state index is 0.175. The number of aryl methyl sites for hydroxylation is 2. The highest BCUT2D eigenvalue weighted by Crippen LogP contribution is 2.26. The van der Waals surface area contributed by atoms with Crippen molar-refractivity contribution in [2.75, 3.05) is 27.4 Å². The Balaban J connectivity index is 1.91. The van der Waals surface area contributed by atoms with E-state index in [0.717, 1.165) is 11.1 Å². The van der Waals surface area contributed by atoms with Gasteiger partial charge < -0.3 is 14.4 Å². The number of hydrogen-bond acceptors (Lipinski definition) is 5. The summed E-state index contributed by atoms with van der Waals surface area (Å²) in [5.74, 6) is 0.873. The maximum Gasteiger partial charge on any atom is 0.266 e. The average molecular weight is 486 g/mol. The molecule has 1 amide bonds. The van der Waals surface area contributed by atoms with Gasteiger partial charge >= 0.3 is 0 Å². The molecule has 0 saturated carbocycles. The van der Waals surface area contributed by atoms with Crippen molar-refractivity contribution < 1.29 is 14.3 Å². The van der Waals surface area contributed by atoms with Gasteiger partial charge in [-0.3, -0.25) is 14.2 Å². The van der Waals surface area contributed by atoms with Crippen LogP contribution in [0.3, 0.4) is 0 Å². The van der Waals surface area contributed by atoms with Crippen LogP contribution in [0.4, 0.5) is 0 Å². The molecule has 1 heterocycles. The molecule has 3 aromatic carbocycles. The third kappa shape index (κ3) is 4.88. The predicted octanol–water partition coefficient (Wildman–Crippen LogP) is 4.86. The number of hydrogen-bond donors (Lipinski definition) is 0. The number of carbonyl (C=O) groups excluding carboxylic acids is 1. The van der Waals surface area contributed by atoms with Crippen molar-refractivity contribution in [3.05, 3.63) is 99.6 Å². The summed E-state index contributed by atoms with van der Waals surface area (Å²) >= 11 is 0. The van der Waals surface area contributed by atoms with Crippen LogP contribution in [-0.2, 0) is 4.74 Å². The molecule has 36 heavy (non-hydrogen) atoms. The van der Waals surface area contributed by atoms with E-state index in [0.29, 0.717) is 46.9 Å². The fraction of sp³-hybridized carbons (Fsp3) is 0.276. The minimum Gasteiger partial charge on any atom is -0.497 e. The molecular weight excluding hydrogens is 454 g/mol. The first-order valence-corrected chi connectivity index (χ1v) is 11.9. The molecule has 0 N–H and O–H groups in total. The molecule has 1 aromatic heterocycles. The number of benzene rings is 3. The first-order valence-electron chi connectivity index (χ1n) is 11.9. The quantitative estimate of drug-likeness (QED) is 0.356. The van der Waals surface area contributed by atoms with Crippen molar-refractivity contribution in [3.8, 4) is 11.4 Å². The normalized spacial score (nSPS) is 11.9. The first kappa shape index (κ1) is 25.1. The van der Waals surface area contributed by atoms with Crippen LogP contribution in [0.1, 0.15) is 40.3 Å². The van der Waals surface area contributed by atoms with Crippen LogP contribution >= 0.6 is 0 Å². The number of rotatable bonds is 8. The molecule has 0 aliphatic carbocycles. The molecule has 0 bridgehead atoms. The fourth-order valence-corrected chi connectivity index (χ4v) is 4.27.